The highest BCUT2D eigenvalue weighted by atomic mass is 16.5. The smallest absolute Gasteiger partial charge is 0.331 e. The second-order valence-electron chi connectivity index (χ2n) is 5.70. The van der Waals surface area contributed by atoms with Gasteiger partial charge in [-0.2, -0.15) is 0 Å². The molecule has 0 aromatic heterocycles. The van der Waals surface area contributed by atoms with Crippen molar-refractivity contribution in [2.24, 2.45) is 5.92 Å². The van der Waals surface area contributed by atoms with Crippen molar-refractivity contribution in [1.82, 2.24) is 0 Å². The number of aryl methyl sites for hydroxylation is 1. The summed E-state index contributed by atoms with van der Waals surface area (Å²) in [5.41, 5.74) is 1.64. The maximum absolute atomic E-state index is 12.2. The van der Waals surface area contributed by atoms with Gasteiger partial charge in [-0.1, -0.05) is 25.1 Å². The van der Waals surface area contributed by atoms with E-state index in [0.29, 0.717) is 5.92 Å². The van der Waals surface area contributed by atoms with E-state index in [1.165, 1.54) is 7.11 Å². The van der Waals surface area contributed by atoms with Crippen LogP contribution in [0.15, 0.2) is 24.3 Å². The second kappa shape index (κ2) is 5.64. The van der Waals surface area contributed by atoms with Crippen LogP contribution in [-0.2, 0) is 9.53 Å². The molecule has 0 radical (unpaired) electrons. The van der Waals surface area contributed by atoms with E-state index in [2.05, 4.69) is 25.2 Å². The van der Waals surface area contributed by atoms with Gasteiger partial charge < -0.3 is 10.1 Å². The number of carbonyl (C=O) groups excluding carboxylic acids is 1. The zero-order chi connectivity index (χ0) is 13.9. The number of nitrogens with one attached hydrogen (secondary N) is 1. The molecular formula is C16H23NO2. The molecule has 1 aliphatic carbocycles. The minimum absolute atomic E-state index is 0.136. The highest BCUT2D eigenvalue weighted by molar-refractivity contribution is 5.85. The van der Waals surface area contributed by atoms with Crippen LogP contribution in [0.25, 0.3) is 0 Å². The molecule has 0 aliphatic heterocycles. The Hall–Kier alpha value is -1.51. The van der Waals surface area contributed by atoms with Gasteiger partial charge in [0.15, 0.2) is 0 Å². The monoisotopic (exact) mass is 261 g/mol. The quantitative estimate of drug-likeness (QED) is 0.846. The Bertz CT molecular complexity index is 448. The lowest BCUT2D eigenvalue weighted by Crippen LogP contribution is -2.49. The molecule has 0 bridgehead atoms. The highest BCUT2D eigenvalue weighted by Crippen LogP contribution is 2.36. The van der Waals surface area contributed by atoms with Crippen molar-refractivity contribution >= 4 is 11.7 Å². The van der Waals surface area contributed by atoms with E-state index in [4.69, 9.17) is 4.74 Å². The first-order valence-electron chi connectivity index (χ1n) is 6.99. The Morgan fingerprint density at radius 2 is 1.95 bits per heavy atom. The molecule has 1 N–H and O–H groups in total. The second-order valence-corrected chi connectivity index (χ2v) is 5.70. The average Bonchev–Trinajstić information content (AvgIpc) is 2.43. The molecule has 104 valence electrons. The van der Waals surface area contributed by atoms with Gasteiger partial charge in [0, 0.05) is 5.69 Å². The van der Waals surface area contributed by atoms with Crippen LogP contribution < -0.4 is 5.32 Å². The van der Waals surface area contributed by atoms with Gasteiger partial charge in [0.25, 0.3) is 0 Å². The van der Waals surface area contributed by atoms with Crippen molar-refractivity contribution in [1.29, 1.82) is 0 Å². The van der Waals surface area contributed by atoms with E-state index in [1.807, 2.05) is 18.2 Å². The Balaban J connectivity index is 2.24. The van der Waals surface area contributed by atoms with Gasteiger partial charge in [0.2, 0.25) is 0 Å². The van der Waals surface area contributed by atoms with Crippen LogP contribution in [0.3, 0.4) is 0 Å². The normalized spacial score (nSPS) is 26.8. The molecule has 0 amide bonds. The lowest BCUT2D eigenvalue weighted by molar-refractivity contribution is -0.147. The number of esters is 1. The predicted molar refractivity (Wildman–Crippen MR) is 77.2 cm³/mol. The molecule has 0 saturated heterocycles. The number of benzene rings is 1. The lowest BCUT2D eigenvalue weighted by Gasteiger charge is -2.38. The summed E-state index contributed by atoms with van der Waals surface area (Å²) in [5.74, 6) is 0.555. The van der Waals surface area contributed by atoms with E-state index in [9.17, 15) is 4.79 Å². The van der Waals surface area contributed by atoms with Crippen molar-refractivity contribution < 1.29 is 9.53 Å². The third-order valence-corrected chi connectivity index (χ3v) is 4.22. The molecule has 1 aromatic carbocycles. The van der Waals surface area contributed by atoms with Crippen LogP contribution in [-0.4, -0.2) is 18.6 Å². The highest BCUT2D eigenvalue weighted by Gasteiger charge is 2.42. The first-order chi connectivity index (χ1) is 9.07. The van der Waals surface area contributed by atoms with Gasteiger partial charge in [0.05, 0.1) is 7.11 Å². The first kappa shape index (κ1) is 13.9. The van der Waals surface area contributed by atoms with Crippen molar-refractivity contribution in [3.8, 4) is 0 Å². The molecule has 0 spiro atoms. The minimum atomic E-state index is -0.548. The van der Waals surface area contributed by atoms with E-state index < -0.39 is 5.54 Å². The van der Waals surface area contributed by atoms with Gasteiger partial charge in [-0.15, -0.1) is 0 Å². The van der Waals surface area contributed by atoms with Crippen LogP contribution >= 0.6 is 0 Å². The van der Waals surface area contributed by atoms with Crippen LogP contribution in [0.1, 0.15) is 38.2 Å². The average molecular weight is 261 g/mol. The van der Waals surface area contributed by atoms with Crippen LogP contribution in [0.2, 0.25) is 0 Å². The van der Waals surface area contributed by atoms with Crippen LogP contribution in [0.5, 0.6) is 0 Å². The molecule has 0 unspecified atom stereocenters. The molecule has 1 aromatic rings. The first-order valence-corrected chi connectivity index (χ1v) is 6.99. The maximum atomic E-state index is 12.2. The number of ether oxygens (including phenoxy) is 1. The summed E-state index contributed by atoms with van der Waals surface area (Å²) in [6.07, 6.45) is 3.81. The largest absolute Gasteiger partial charge is 0.467 e. The number of rotatable bonds is 3. The SMILES string of the molecule is COC(=O)C1(Nc2ccccc2C)CCC(C)CC1. The summed E-state index contributed by atoms with van der Waals surface area (Å²) in [6, 6.07) is 8.08. The van der Waals surface area contributed by atoms with E-state index in [1.54, 1.807) is 0 Å². The summed E-state index contributed by atoms with van der Waals surface area (Å²) in [5, 5.41) is 3.46. The lowest BCUT2D eigenvalue weighted by atomic mass is 9.77. The summed E-state index contributed by atoms with van der Waals surface area (Å²) in [4.78, 5) is 12.2. The summed E-state index contributed by atoms with van der Waals surface area (Å²) in [6.45, 7) is 4.30. The topological polar surface area (TPSA) is 38.3 Å². The van der Waals surface area contributed by atoms with E-state index in [0.717, 1.165) is 36.9 Å². The number of anilines is 1. The molecule has 3 heteroatoms. The molecule has 3 nitrogen and oxygen atoms in total. The molecule has 1 aliphatic rings. The maximum Gasteiger partial charge on any atom is 0.331 e. The zero-order valence-electron chi connectivity index (χ0n) is 12.0. The van der Waals surface area contributed by atoms with Crippen molar-refractivity contribution in [2.75, 3.05) is 12.4 Å². The van der Waals surface area contributed by atoms with Crippen LogP contribution in [0, 0.1) is 12.8 Å². The van der Waals surface area contributed by atoms with E-state index >= 15 is 0 Å². The van der Waals surface area contributed by atoms with Gasteiger partial charge >= 0.3 is 5.97 Å². The summed E-state index contributed by atoms with van der Waals surface area (Å²) in [7, 11) is 1.47. The van der Waals surface area contributed by atoms with Crippen molar-refractivity contribution in [2.45, 2.75) is 45.1 Å². The Morgan fingerprint density at radius 1 is 1.32 bits per heavy atom. The third kappa shape index (κ3) is 2.91. The van der Waals surface area contributed by atoms with Gasteiger partial charge in [0.1, 0.15) is 5.54 Å². The molecule has 0 atom stereocenters. The van der Waals surface area contributed by atoms with Gasteiger partial charge in [-0.25, -0.2) is 4.79 Å². The van der Waals surface area contributed by atoms with Gasteiger partial charge in [-0.3, -0.25) is 0 Å². The number of hydrogen-bond donors (Lipinski definition) is 1. The standard InChI is InChI=1S/C16H23NO2/c1-12-8-10-16(11-9-12,15(18)19-3)17-14-7-5-4-6-13(14)2/h4-7,12,17H,8-11H2,1-3H3. The van der Waals surface area contributed by atoms with Crippen molar-refractivity contribution in [3.63, 3.8) is 0 Å². The fourth-order valence-electron chi connectivity index (χ4n) is 2.80. The number of hydrogen-bond acceptors (Lipinski definition) is 3. The fraction of sp³-hybridized carbons (Fsp3) is 0.562. The molecule has 1 saturated carbocycles. The molecule has 1 fully saturated rings. The van der Waals surface area contributed by atoms with E-state index in [-0.39, 0.29) is 5.97 Å². The third-order valence-electron chi connectivity index (χ3n) is 4.22. The summed E-state index contributed by atoms with van der Waals surface area (Å²) >= 11 is 0. The van der Waals surface area contributed by atoms with Crippen molar-refractivity contribution in [3.05, 3.63) is 29.8 Å². The fourth-order valence-corrected chi connectivity index (χ4v) is 2.80. The number of methoxy groups -OCH3 is 1. The Kier molecular flexibility index (Phi) is 4.13. The molecule has 0 heterocycles. The zero-order valence-corrected chi connectivity index (χ0v) is 12.0. The molecular weight excluding hydrogens is 238 g/mol. The number of para-hydroxylation sites is 1. The summed E-state index contributed by atoms with van der Waals surface area (Å²) < 4.78 is 5.04. The predicted octanol–water partition coefficient (Wildman–Crippen LogP) is 3.53. The van der Waals surface area contributed by atoms with Gasteiger partial charge in [-0.05, 0) is 50.2 Å². The Morgan fingerprint density at radius 3 is 2.53 bits per heavy atom. The minimum Gasteiger partial charge on any atom is -0.467 e. The molecule has 19 heavy (non-hydrogen) atoms. The number of carbonyl (C=O) groups is 1. The Labute approximate surface area is 115 Å². The van der Waals surface area contributed by atoms with Crippen LogP contribution in [0.4, 0.5) is 5.69 Å². The molecule has 2 rings (SSSR count).